The SMILES string of the molecule is O=c1ccc(-c2cccnc2)nn1CC1CCCN1Cc1cn[nH]c1C1CC1. The first kappa shape index (κ1) is 17.3. The number of nitrogens with one attached hydrogen (secondary N) is 1. The molecule has 2 fully saturated rings. The van der Waals surface area contributed by atoms with E-state index in [-0.39, 0.29) is 5.56 Å². The minimum atomic E-state index is -0.0542. The average molecular weight is 376 g/mol. The van der Waals surface area contributed by atoms with Gasteiger partial charge in [-0.25, -0.2) is 4.68 Å². The summed E-state index contributed by atoms with van der Waals surface area (Å²) in [4.78, 5) is 19.0. The number of rotatable bonds is 6. The van der Waals surface area contributed by atoms with Crippen LogP contribution < -0.4 is 5.56 Å². The van der Waals surface area contributed by atoms with Crippen molar-refractivity contribution >= 4 is 0 Å². The number of hydrogen-bond donors (Lipinski definition) is 1. The number of aromatic amines is 1. The maximum absolute atomic E-state index is 12.4. The van der Waals surface area contributed by atoms with Gasteiger partial charge in [-0.1, -0.05) is 0 Å². The third-order valence-corrected chi connectivity index (χ3v) is 5.82. The van der Waals surface area contributed by atoms with E-state index in [1.807, 2.05) is 18.3 Å². The first-order chi connectivity index (χ1) is 13.8. The first-order valence-electron chi connectivity index (χ1n) is 10.0. The summed E-state index contributed by atoms with van der Waals surface area (Å²) in [6.45, 7) is 2.56. The van der Waals surface area contributed by atoms with Gasteiger partial charge < -0.3 is 0 Å². The smallest absolute Gasteiger partial charge is 0.266 e. The van der Waals surface area contributed by atoms with Crippen molar-refractivity contribution in [3.8, 4) is 11.3 Å². The van der Waals surface area contributed by atoms with E-state index in [1.54, 1.807) is 29.2 Å². The highest BCUT2D eigenvalue weighted by Gasteiger charge is 2.31. The molecule has 144 valence electrons. The topological polar surface area (TPSA) is 79.7 Å². The highest BCUT2D eigenvalue weighted by atomic mass is 16.1. The number of hydrogen-bond acceptors (Lipinski definition) is 5. The van der Waals surface area contributed by atoms with Crippen LogP contribution >= 0.6 is 0 Å². The molecule has 0 radical (unpaired) electrons. The molecule has 7 heteroatoms. The maximum Gasteiger partial charge on any atom is 0.266 e. The summed E-state index contributed by atoms with van der Waals surface area (Å²) in [6.07, 6.45) is 10.2. The highest BCUT2D eigenvalue weighted by molar-refractivity contribution is 5.56. The lowest BCUT2D eigenvalue weighted by molar-refractivity contribution is 0.216. The van der Waals surface area contributed by atoms with Gasteiger partial charge in [0.2, 0.25) is 0 Å². The van der Waals surface area contributed by atoms with Crippen LogP contribution in [-0.4, -0.2) is 42.4 Å². The molecule has 0 aromatic carbocycles. The molecule has 3 aromatic rings. The monoisotopic (exact) mass is 376 g/mol. The Morgan fingerprint density at radius 1 is 1.14 bits per heavy atom. The Bertz CT molecular complexity index is 1010. The van der Waals surface area contributed by atoms with Gasteiger partial charge in [0.15, 0.2) is 0 Å². The van der Waals surface area contributed by atoms with Gasteiger partial charge in [0, 0.05) is 53.8 Å². The van der Waals surface area contributed by atoms with Crippen LogP contribution in [0.15, 0.2) is 47.7 Å². The van der Waals surface area contributed by atoms with Gasteiger partial charge in [-0.05, 0) is 50.4 Å². The lowest BCUT2D eigenvalue weighted by atomic mass is 10.1. The fraction of sp³-hybridized carbons (Fsp3) is 0.429. The van der Waals surface area contributed by atoms with Crippen molar-refractivity contribution in [2.45, 2.75) is 50.7 Å². The Hall–Kier alpha value is -2.80. The third kappa shape index (κ3) is 3.49. The first-order valence-corrected chi connectivity index (χ1v) is 10.0. The number of likely N-dealkylation sites (tertiary alicyclic amines) is 1. The second-order valence-corrected chi connectivity index (χ2v) is 7.83. The maximum atomic E-state index is 12.4. The number of H-pyrrole nitrogens is 1. The summed E-state index contributed by atoms with van der Waals surface area (Å²) in [7, 11) is 0. The molecule has 5 rings (SSSR count). The van der Waals surface area contributed by atoms with Gasteiger partial charge in [-0.2, -0.15) is 10.2 Å². The lowest BCUT2D eigenvalue weighted by Crippen LogP contribution is -2.36. The summed E-state index contributed by atoms with van der Waals surface area (Å²) in [5, 5.41) is 12.1. The van der Waals surface area contributed by atoms with Crippen molar-refractivity contribution in [1.82, 2.24) is 29.9 Å². The summed E-state index contributed by atoms with van der Waals surface area (Å²) >= 11 is 0. The normalized spacial score (nSPS) is 19.9. The van der Waals surface area contributed by atoms with Gasteiger partial charge >= 0.3 is 0 Å². The summed E-state index contributed by atoms with van der Waals surface area (Å²) in [5.41, 5.74) is 4.26. The van der Waals surface area contributed by atoms with Gasteiger partial charge in [0.25, 0.3) is 5.56 Å². The molecule has 7 nitrogen and oxygen atoms in total. The third-order valence-electron chi connectivity index (χ3n) is 5.82. The fourth-order valence-electron chi connectivity index (χ4n) is 4.15. The quantitative estimate of drug-likeness (QED) is 0.715. The van der Waals surface area contributed by atoms with E-state index >= 15 is 0 Å². The van der Waals surface area contributed by atoms with Crippen molar-refractivity contribution in [2.75, 3.05) is 6.54 Å². The van der Waals surface area contributed by atoms with Crippen LogP contribution in [0.4, 0.5) is 0 Å². The lowest BCUT2D eigenvalue weighted by Gasteiger charge is -2.24. The van der Waals surface area contributed by atoms with Crippen LogP contribution in [0.3, 0.4) is 0 Å². The molecule has 1 atom stereocenters. The molecule has 28 heavy (non-hydrogen) atoms. The van der Waals surface area contributed by atoms with Crippen molar-refractivity contribution in [2.24, 2.45) is 0 Å². The van der Waals surface area contributed by atoms with E-state index in [0.717, 1.165) is 37.2 Å². The Balaban J connectivity index is 1.35. The summed E-state index contributed by atoms with van der Waals surface area (Å²) < 4.78 is 1.61. The van der Waals surface area contributed by atoms with Crippen LogP contribution in [-0.2, 0) is 13.1 Å². The van der Waals surface area contributed by atoms with E-state index < -0.39 is 0 Å². The van der Waals surface area contributed by atoms with E-state index in [1.165, 1.54) is 24.1 Å². The molecule has 3 aromatic heterocycles. The molecule has 4 heterocycles. The van der Waals surface area contributed by atoms with Crippen molar-refractivity contribution in [3.63, 3.8) is 0 Å². The Kier molecular flexibility index (Phi) is 4.52. The standard InChI is InChI=1S/C21H24N6O/c28-20-8-7-19(16-3-1-9-22-11-16)25-27(20)14-18-4-2-10-26(18)13-17-12-23-24-21(17)15-5-6-15/h1,3,7-9,11-12,15,18H,2,4-6,10,13-14H2,(H,23,24). The van der Waals surface area contributed by atoms with Crippen LogP contribution in [0.25, 0.3) is 11.3 Å². The van der Waals surface area contributed by atoms with Crippen molar-refractivity contribution < 1.29 is 0 Å². The van der Waals surface area contributed by atoms with E-state index in [0.29, 0.717) is 18.5 Å². The van der Waals surface area contributed by atoms with Crippen molar-refractivity contribution in [3.05, 3.63) is 64.5 Å². The molecule has 2 aliphatic rings. The molecule has 1 aliphatic carbocycles. The molecular weight excluding hydrogens is 352 g/mol. The zero-order chi connectivity index (χ0) is 18.9. The second-order valence-electron chi connectivity index (χ2n) is 7.83. The fourth-order valence-corrected chi connectivity index (χ4v) is 4.15. The molecule has 0 amide bonds. The number of aromatic nitrogens is 5. The van der Waals surface area contributed by atoms with Gasteiger partial charge in [-0.3, -0.25) is 19.8 Å². The molecule has 1 saturated heterocycles. The Morgan fingerprint density at radius 3 is 2.89 bits per heavy atom. The van der Waals surface area contributed by atoms with E-state index in [4.69, 9.17) is 0 Å². The van der Waals surface area contributed by atoms with Crippen LogP contribution in [0.5, 0.6) is 0 Å². The number of pyridine rings is 1. The van der Waals surface area contributed by atoms with Crippen molar-refractivity contribution in [1.29, 1.82) is 0 Å². The minimum absolute atomic E-state index is 0.0542. The molecule has 1 aliphatic heterocycles. The highest BCUT2D eigenvalue weighted by Crippen LogP contribution is 2.41. The van der Waals surface area contributed by atoms with E-state index in [9.17, 15) is 4.79 Å². The van der Waals surface area contributed by atoms with Crippen LogP contribution in [0, 0.1) is 0 Å². The zero-order valence-electron chi connectivity index (χ0n) is 15.8. The predicted molar refractivity (Wildman–Crippen MR) is 106 cm³/mol. The minimum Gasteiger partial charge on any atom is -0.294 e. The zero-order valence-corrected chi connectivity index (χ0v) is 15.8. The Morgan fingerprint density at radius 2 is 2.07 bits per heavy atom. The molecule has 1 N–H and O–H groups in total. The average Bonchev–Trinajstić information content (AvgIpc) is 3.31. The van der Waals surface area contributed by atoms with Gasteiger partial charge in [0.05, 0.1) is 18.4 Å². The molecule has 1 saturated carbocycles. The predicted octanol–water partition coefficient (Wildman–Crippen LogP) is 2.57. The summed E-state index contributed by atoms with van der Waals surface area (Å²) in [6, 6.07) is 7.54. The van der Waals surface area contributed by atoms with E-state index in [2.05, 4.69) is 25.2 Å². The number of nitrogens with zero attached hydrogens (tertiary/aromatic N) is 5. The largest absolute Gasteiger partial charge is 0.294 e. The van der Waals surface area contributed by atoms with Crippen LogP contribution in [0.1, 0.15) is 42.9 Å². The molecular formula is C21H24N6O. The Labute approximate surface area is 163 Å². The van der Waals surface area contributed by atoms with Crippen LogP contribution in [0.2, 0.25) is 0 Å². The molecule has 0 bridgehead atoms. The second kappa shape index (κ2) is 7.31. The molecule has 0 spiro atoms. The van der Waals surface area contributed by atoms with Gasteiger partial charge in [0.1, 0.15) is 0 Å². The van der Waals surface area contributed by atoms with Gasteiger partial charge in [-0.15, -0.1) is 0 Å². The summed E-state index contributed by atoms with van der Waals surface area (Å²) in [5.74, 6) is 0.666. The molecule has 1 unspecified atom stereocenters.